The topological polar surface area (TPSA) is 107 Å². The van der Waals surface area contributed by atoms with E-state index in [9.17, 15) is 17.6 Å². The molecule has 0 aromatic carbocycles. The van der Waals surface area contributed by atoms with Gasteiger partial charge in [0, 0.05) is 31.2 Å². The van der Waals surface area contributed by atoms with Crippen LogP contribution in [0.2, 0.25) is 0 Å². The lowest BCUT2D eigenvalue weighted by Gasteiger charge is -2.05. The van der Waals surface area contributed by atoms with Gasteiger partial charge in [-0.15, -0.1) is 0 Å². The van der Waals surface area contributed by atoms with Crippen LogP contribution in [0.5, 0.6) is 0 Å². The minimum atomic E-state index is -3.89. The molecule has 0 atom stereocenters. The van der Waals surface area contributed by atoms with E-state index in [0.717, 1.165) is 12.1 Å². The van der Waals surface area contributed by atoms with Crippen molar-refractivity contribution in [3.05, 3.63) is 42.2 Å². The molecule has 9 heteroatoms. The average Bonchev–Trinajstić information content (AvgIpc) is 2.71. The third-order valence-electron chi connectivity index (χ3n) is 2.53. The first-order valence-electron chi connectivity index (χ1n) is 5.39. The number of halogens is 1. The Morgan fingerprint density at radius 1 is 1.45 bits per heavy atom. The van der Waals surface area contributed by atoms with E-state index >= 15 is 0 Å². The van der Waals surface area contributed by atoms with E-state index in [1.807, 2.05) is 0 Å². The zero-order valence-corrected chi connectivity index (χ0v) is 11.2. The van der Waals surface area contributed by atoms with Gasteiger partial charge in [0.05, 0.1) is 0 Å². The zero-order chi connectivity index (χ0) is 14.9. The smallest absolute Gasteiger partial charge is 0.272 e. The summed E-state index contributed by atoms with van der Waals surface area (Å²) in [5.74, 6) is -1.33. The molecule has 20 heavy (non-hydrogen) atoms. The van der Waals surface area contributed by atoms with Crippen molar-refractivity contribution in [1.29, 1.82) is 0 Å². The predicted molar refractivity (Wildman–Crippen MR) is 68.9 cm³/mol. The summed E-state index contributed by atoms with van der Waals surface area (Å²) in [6, 6.07) is 3.59. The Balaban J connectivity index is 2.28. The largest absolute Gasteiger partial charge is 0.345 e. The van der Waals surface area contributed by atoms with E-state index < -0.39 is 21.9 Å². The minimum Gasteiger partial charge on any atom is -0.345 e. The SMILES string of the molecule is Cn1cc(S(N)(=O)=O)cc1C(=O)Nc1ccnc(F)c1. The predicted octanol–water partition coefficient (Wildman–Crippen LogP) is 0.459. The number of pyridine rings is 1. The number of sulfonamides is 1. The molecule has 3 N–H and O–H groups in total. The number of rotatable bonds is 3. The van der Waals surface area contributed by atoms with Crippen LogP contribution in [-0.4, -0.2) is 23.9 Å². The van der Waals surface area contributed by atoms with E-state index in [1.165, 1.54) is 30.1 Å². The van der Waals surface area contributed by atoms with Gasteiger partial charge in [-0.25, -0.2) is 18.5 Å². The van der Waals surface area contributed by atoms with Crippen LogP contribution in [0.15, 0.2) is 35.5 Å². The van der Waals surface area contributed by atoms with E-state index in [0.29, 0.717) is 0 Å². The number of aromatic nitrogens is 2. The lowest BCUT2D eigenvalue weighted by atomic mass is 10.3. The Kier molecular flexibility index (Phi) is 3.55. The molecule has 0 aliphatic carbocycles. The normalized spacial score (nSPS) is 11.3. The maximum absolute atomic E-state index is 12.9. The number of carbonyl (C=O) groups is 1. The average molecular weight is 298 g/mol. The number of amides is 1. The summed E-state index contributed by atoms with van der Waals surface area (Å²) < 4.78 is 36.6. The first-order chi connectivity index (χ1) is 9.27. The van der Waals surface area contributed by atoms with E-state index in [1.54, 1.807) is 0 Å². The van der Waals surface area contributed by atoms with Crippen LogP contribution in [0.3, 0.4) is 0 Å². The number of primary sulfonamides is 1. The summed E-state index contributed by atoms with van der Waals surface area (Å²) in [6.07, 6.45) is 2.42. The van der Waals surface area contributed by atoms with Gasteiger partial charge < -0.3 is 9.88 Å². The van der Waals surface area contributed by atoms with E-state index in [2.05, 4.69) is 10.3 Å². The molecule has 2 aromatic heterocycles. The van der Waals surface area contributed by atoms with Crippen molar-refractivity contribution in [1.82, 2.24) is 9.55 Å². The van der Waals surface area contributed by atoms with Crippen LogP contribution in [0.1, 0.15) is 10.5 Å². The second-order valence-electron chi connectivity index (χ2n) is 4.04. The lowest BCUT2D eigenvalue weighted by Crippen LogP contribution is -2.15. The Labute approximate surface area is 114 Å². The van der Waals surface area contributed by atoms with Gasteiger partial charge in [-0.05, 0) is 12.1 Å². The molecule has 2 heterocycles. The standard InChI is InChI=1S/C11H11FN4O3S/c1-16-6-8(20(13,18)19)5-9(16)11(17)15-7-2-3-14-10(12)4-7/h2-6H,1H3,(H2,13,18,19)(H,14,15,17). The quantitative estimate of drug-likeness (QED) is 0.802. The summed E-state index contributed by atoms with van der Waals surface area (Å²) in [5, 5.41) is 7.41. The summed E-state index contributed by atoms with van der Waals surface area (Å²) in [6.45, 7) is 0. The highest BCUT2D eigenvalue weighted by Gasteiger charge is 2.17. The third-order valence-corrected chi connectivity index (χ3v) is 3.41. The number of hydrogen-bond donors (Lipinski definition) is 2. The first kappa shape index (κ1) is 14.2. The third kappa shape index (κ3) is 3.00. The van der Waals surface area contributed by atoms with Crippen molar-refractivity contribution in [2.75, 3.05) is 5.32 Å². The minimum absolute atomic E-state index is 0.0752. The van der Waals surface area contributed by atoms with Crippen molar-refractivity contribution >= 4 is 21.6 Å². The summed E-state index contributed by atoms with van der Waals surface area (Å²) in [4.78, 5) is 15.2. The Morgan fingerprint density at radius 3 is 2.70 bits per heavy atom. The highest BCUT2D eigenvalue weighted by atomic mass is 32.2. The second-order valence-corrected chi connectivity index (χ2v) is 5.60. The molecule has 2 rings (SSSR count). The maximum Gasteiger partial charge on any atom is 0.272 e. The van der Waals surface area contributed by atoms with Crippen LogP contribution in [0.25, 0.3) is 0 Å². The molecule has 0 fully saturated rings. The summed E-state index contributed by atoms with van der Waals surface area (Å²) in [5.41, 5.74) is 0.284. The molecule has 0 aliphatic rings. The lowest BCUT2D eigenvalue weighted by molar-refractivity contribution is 0.101. The zero-order valence-electron chi connectivity index (χ0n) is 10.4. The van der Waals surface area contributed by atoms with Crippen molar-refractivity contribution in [2.45, 2.75) is 4.90 Å². The monoisotopic (exact) mass is 298 g/mol. The van der Waals surface area contributed by atoms with Gasteiger partial charge >= 0.3 is 0 Å². The van der Waals surface area contributed by atoms with Gasteiger partial charge in [0.2, 0.25) is 16.0 Å². The number of aryl methyl sites for hydroxylation is 1. The fourth-order valence-corrected chi connectivity index (χ4v) is 2.17. The van der Waals surface area contributed by atoms with Gasteiger partial charge in [0.15, 0.2) is 0 Å². The number of hydrogen-bond acceptors (Lipinski definition) is 4. The number of nitrogens with one attached hydrogen (secondary N) is 1. The van der Waals surface area contributed by atoms with E-state index in [-0.39, 0.29) is 16.3 Å². The second kappa shape index (κ2) is 5.02. The fourth-order valence-electron chi connectivity index (χ4n) is 1.59. The van der Waals surface area contributed by atoms with Gasteiger partial charge in [0.25, 0.3) is 5.91 Å². The Morgan fingerprint density at radius 2 is 2.15 bits per heavy atom. The van der Waals surface area contributed by atoms with Crippen molar-refractivity contribution in [3.8, 4) is 0 Å². The highest BCUT2D eigenvalue weighted by molar-refractivity contribution is 7.89. The number of anilines is 1. The summed E-state index contributed by atoms with van der Waals surface area (Å²) >= 11 is 0. The van der Waals surface area contributed by atoms with Crippen molar-refractivity contribution < 1.29 is 17.6 Å². The van der Waals surface area contributed by atoms with Gasteiger partial charge in [0.1, 0.15) is 10.6 Å². The van der Waals surface area contributed by atoms with Crippen LogP contribution < -0.4 is 10.5 Å². The van der Waals surface area contributed by atoms with Crippen LogP contribution in [0.4, 0.5) is 10.1 Å². The molecule has 0 spiro atoms. The van der Waals surface area contributed by atoms with Crippen molar-refractivity contribution in [2.24, 2.45) is 12.2 Å². The molecule has 0 bridgehead atoms. The van der Waals surface area contributed by atoms with Gasteiger partial charge in [-0.1, -0.05) is 0 Å². The fraction of sp³-hybridized carbons (Fsp3) is 0.0909. The molecule has 106 valence electrons. The molecule has 0 aliphatic heterocycles. The first-order valence-corrected chi connectivity index (χ1v) is 6.94. The number of carbonyl (C=O) groups excluding carboxylic acids is 1. The van der Waals surface area contributed by atoms with Crippen LogP contribution >= 0.6 is 0 Å². The molecule has 1 amide bonds. The maximum atomic E-state index is 12.9. The molecule has 0 radical (unpaired) electrons. The molecular weight excluding hydrogens is 287 g/mol. The summed E-state index contributed by atoms with van der Waals surface area (Å²) in [7, 11) is -2.39. The van der Waals surface area contributed by atoms with Crippen LogP contribution in [-0.2, 0) is 17.1 Å². The Hall–Kier alpha value is -2.26. The van der Waals surface area contributed by atoms with Gasteiger partial charge in [-0.2, -0.15) is 4.39 Å². The van der Waals surface area contributed by atoms with Gasteiger partial charge in [-0.3, -0.25) is 4.79 Å². The molecule has 7 nitrogen and oxygen atoms in total. The molecule has 0 saturated carbocycles. The highest BCUT2D eigenvalue weighted by Crippen LogP contribution is 2.14. The number of nitrogens with zero attached hydrogens (tertiary/aromatic N) is 2. The molecule has 0 saturated heterocycles. The number of nitrogens with two attached hydrogens (primary N) is 1. The molecule has 2 aromatic rings. The molecular formula is C11H11FN4O3S. The molecule has 0 unspecified atom stereocenters. The van der Waals surface area contributed by atoms with Crippen LogP contribution in [0, 0.1) is 5.95 Å². The van der Waals surface area contributed by atoms with E-state index in [4.69, 9.17) is 5.14 Å². The van der Waals surface area contributed by atoms with Crippen molar-refractivity contribution in [3.63, 3.8) is 0 Å². The Bertz CT molecular complexity index is 770.